The fourth-order valence-electron chi connectivity index (χ4n) is 1.29. The van der Waals surface area contributed by atoms with Gasteiger partial charge >= 0.3 is 0 Å². The number of anilines is 1. The lowest BCUT2D eigenvalue weighted by molar-refractivity contribution is 0.103. The lowest BCUT2D eigenvalue weighted by atomic mass is 10.3. The summed E-state index contributed by atoms with van der Waals surface area (Å²) in [5, 5.41) is 3.68. The lowest BCUT2D eigenvalue weighted by Gasteiger charge is -2.06. The average Bonchev–Trinajstić information content (AvgIpc) is 2.70. The van der Waals surface area contributed by atoms with Crippen molar-refractivity contribution in [3.63, 3.8) is 0 Å². The number of halogens is 2. The van der Waals surface area contributed by atoms with Gasteiger partial charge in [-0.05, 0) is 25.1 Å². The van der Waals surface area contributed by atoms with E-state index in [1.807, 2.05) is 0 Å². The van der Waals surface area contributed by atoms with E-state index in [0.29, 0.717) is 26.3 Å². The second kappa shape index (κ2) is 5.04. The lowest BCUT2D eigenvalue weighted by Crippen LogP contribution is -2.11. The second-order valence-corrected chi connectivity index (χ2v) is 5.04. The van der Waals surface area contributed by atoms with E-state index in [9.17, 15) is 4.79 Å². The highest BCUT2D eigenvalue weighted by Crippen LogP contribution is 2.26. The maximum absolute atomic E-state index is 11.9. The van der Waals surface area contributed by atoms with Crippen LogP contribution in [0.15, 0.2) is 23.7 Å². The molecule has 0 saturated heterocycles. The van der Waals surface area contributed by atoms with Gasteiger partial charge in [-0.25, -0.2) is 4.98 Å². The van der Waals surface area contributed by atoms with Crippen LogP contribution in [0, 0.1) is 6.92 Å². The molecule has 1 N–H and O–H groups in total. The third-order valence-electron chi connectivity index (χ3n) is 2.13. The number of rotatable bonds is 2. The van der Waals surface area contributed by atoms with Crippen LogP contribution in [0.3, 0.4) is 0 Å². The highest BCUT2D eigenvalue weighted by atomic mass is 35.5. The van der Waals surface area contributed by atoms with E-state index < -0.39 is 0 Å². The monoisotopic (exact) mass is 286 g/mol. The van der Waals surface area contributed by atoms with Crippen molar-refractivity contribution in [2.24, 2.45) is 0 Å². The number of carbonyl (C=O) groups excluding carboxylic acids is 1. The molecule has 3 nitrogen and oxygen atoms in total. The Morgan fingerprint density at radius 1 is 1.41 bits per heavy atom. The average molecular weight is 287 g/mol. The quantitative estimate of drug-likeness (QED) is 0.906. The Hall–Kier alpha value is -1.10. The SMILES string of the molecule is Cc1ncsc1C(=O)Nc1cc(Cl)ccc1Cl. The van der Waals surface area contributed by atoms with Crippen molar-refractivity contribution in [2.45, 2.75) is 6.92 Å². The second-order valence-electron chi connectivity index (χ2n) is 3.35. The molecule has 1 aromatic heterocycles. The predicted molar refractivity (Wildman–Crippen MR) is 71.3 cm³/mol. The van der Waals surface area contributed by atoms with Gasteiger partial charge in [-0.15, -0.1) is 11.3 Å². The highest BCUT2D eigenvalue weighted by Gasteiger charge is 2.13. The normalized spacial score (nSPS) is 10.3. The van der Waals surface area contributed by atoms with Crippen LogP contribution in [0.25, 0.3) is 0 Å². The van der Waals surface area contributed by atoms with Crippen LogP contribution in [-0.2, 0) is 0 Å². The van der Waals surface area contributed by atoms with Crippen LogP contribution < -0.4 is 5.32 Å². The molecule has 0 aliphatic rings. The van der Waals surface area contributed by atoms with Gasteiger partial charge in [0.2, 0.25) is 0 Å². The number of thiazole rings is 1. The molecular formula is C11H8Cl2N2OS. The first-order valence-corrected chi connectivity index (χ1v) is 6.38. The molecule has 1 amide bonds. The van der Waals surface area contributed by atoms with Gasteiger partial charge in [-0.2, -0.15) is 0 Å². The largest absolute Gasteiger partial charge is 0.320 e. The zero-order valence-electron chi connectivity index (χ0n) is 8.83. The molecule has 0 unspecified atom stereocenters. The first-order chi connectivity index (χ1) is 8.08. The summed E-state index contributed by atoms with van der Waals surface area (Å²) in [6, 6.07) is 4.91. The van der Waals surface area contributed by atoms with Crippen LogP contribution in [0.2, 0.25) is 10.0 Å². The van der Waals surface area contributed by atoms with E-state index in [4.69, 9.17) is 23.2 Å². The maximum atomic E-state index is 11.9. The minimum atomic E-state index is -0.228. The molecule has 88 valence electrons. The van der Waals surface area contributed by atoms with Crippen molar-refractivity contribution < 1.29 is 4.79 Å². The Morgan fingerprint density at radius 3 is 2.82 bits per heavy atom. The summed E-state index contributed by atoms with van der Waals surface area (Å²) in [7, 11) is 0. The Balaban J connectivity index is 2.24. The molecule has 6 heteroatoms. The number of nitrogens with zero attached hydrogens (tertiary/aromatic N) is 1. The molecule has 0 bridgehead atoms. The third-order valence-corrected chi connectivity index (χ3v) is 3.62. The molecule has 0 saturated carbocycles. The van der Waals surface area contributed by atoms with Gasteiger partial charge in [0, 0.05) is 5.02 Å². The molecule has 0 atom stereocenters. The summed E-state index contributed by atoms with van der Waals surface area (Å²) in [5.74, 6) is -0.228. The molecule has 0 radical (unpaired) electrons. The van der Waals surface area contributed by atoms with Crippen molar-refractivity contribution in [1.29, 1.82) is 0 Å². The number of hydrogen-bond acceptors (Lipinski definition) is 3. The zero-order chi connectivity index (χ0) is 12.4. The van der Waals surface area contributed by atoms with Gasteiger partial charge in [0.25, 0.3) is 5.91 Å². The van der Waals surface area contributed by atoms with E-state index in [0.717, 1.165) is 0 Å². The number of carbonyl (C=O) groups is 1. The standard InChI is InChI=1S/C11H8Cl2N2OS/c1-6-10(17-5-14-6)11(16)15-9-4-7(12)2-3-8(9)13/h2-5H,1H3,(H,15,16). The van der Waals surface area contributed by atoms with Crippen LogP contribution >= 0.6 is 34.5 Å². The van der Waals surface area contributed by atoms with E-state index >= 15 is 0 Å². The molecular weight excluding hydrogens is 279 g/mol. The summed E-state index contributed by atoms with van der Waals surface area (Å²) in [6.45, 7) is 1.78. The minimum Gasteiger partial charge on any atom is -0.320 e. The summed E-state index contributed by atoms with van der Waals surface area (Å²) in [6.07, 6.45) is 0. The third kappa shape index (κ3) is 2.77. The number of aromatic nitrogens is 1. The molecule has 0 fully saturated rings. The molecule has 17 heavy (non-hydrogen) atoms. The molecule has 0 aliphatic carbocycles. The van der Waals surface area contributed by atoms with Gasteiger partial charge < -0.3 is 5.32 Å². The predicted octanol–water partition coefficient (Wildman–Crippen LogP) is 4.01. The van der Waals surface area contributed by atoms with E-state index in [1.165, 1.54) is 11.3 Å². The van der Waals surface area contributed by atoms with Crippen molar-refractivity contribution in [3.8, 4) is 0 Å². The molecule has 1 heterocycles. The van der Waals surface area contributed by atoms with Crippen molar-refractivity contribution in [1.82, 2.24) is 4.98 Å². The van der Waals surface area contributed by atoms with Gasteiger partial charge in [0.15, 0.2) is 0 Å². The number of benzene rings is 1. The van der Waals surface area contributed by atoms with Crippen LogP contribution in [0.4, 0.5) is 5.69 Å². The highest BCUT2D eigenvalue weighted by molar-refractivity contribution is 7.12. The van der Waals surface area contributed by atoms with Gasteiger partial charge in [0.05, 0.1) is 21.9 Å². The number of hydrogen-bond donors (Lipinski definition) is 1. The molecule has 0 aliphatic heterocycles. The van der Waals surface area contributed by atoms with Gasteiger partial charge in [-0.3, -0.25) is 4.79 Å². The Bertz CT molecular complexity index is 568. The fourth-order valence-corrected chi connectivity index (χ4v) is 2.33. The summed E-state index contributed by atoms with van der Waals surface area (Å²) in [5.41, 5.74) is 2.83. The van der Waals surface area contributed by atoms with Crippen molar-refractivity contribution in [2.75, 3.05) is 5.32 Å². The number of nitrogens with one attached hydrogen (secondary N) is 1. The van der Waals surface area contributed by atoms with Crippen LogP contribution in [-0.4, -0.2) is 10.9 Å². The summed E-state index contributed by atoms with van der Waals surface area (Å²) < 4.78 is 0. The van der Waals surface area contributed by atoms with Gasteiger partial charge in [-0.1, -0.05) is 23.2 Å². The number of aryl methyl sites for hydroxylation is 1. The Labute approximate surface area is 112 Å². The maximum Gasteiger partial charge on any atom is 0.267 e. The Morgan fingerprint density at radius 2 is 2.18 bits per heavy atom. The molecule has 1 aromatic carbocycles. The van der Waals surface area contributed by atoms with E-state index in [2.05, 4.69) is 10.3 Å². The fraction of sp³-hybridized carbons (Fsp3) is 0.0909. The molecule has 2 aromatic rings. The minimum absolute atomic E-state index is 0.228. The smallest absolute Gasteiger partial charge is 0.267 e. The molecule has 2 rings (SSSR count). The topological polar surface area (TPSA) is 42.0 Å². The Kier molecular flexibility index (Phi) is 3.66. The first-order valence-electron chi connectivity index (χ1n) is 4.74. The number of amides is 1. The van der Waals surface area contributed by atoms with E-state index in [-0.39, 0.29) is 5.91 Å². The van der Waals surface area contributed by atoms with Crippen molar-refractivity contribution >= 4 is 46.1 Å². The van der Waals surface area contributed by atoms with Gasteiger partial charge in [0.1, 0.15) is 4.88 Å². The zero-order valence-corrected chi connectivity index (χ0v) is 11.2. The van der Waals surface area contributed by atoms with Crippen LogP contribution in [0.1, 0.15) is 15.4 Å². The van der Waals surface area contributed by atoms with Crippen LogP contribution in [0.5, 0.6) is 0 Å². The summed E-state index contributed by atoms with van der Waals surface area (Å²) in [4.78, 5) is 16.5. The van der Waals surface area contributed by atoms with E-state index in [1.54, 1.807) is 30.6 Å². The first kappa shape index (κ1) is 12.4. The summed E-state index contributed by atoms with van der Waals surface area (Å²) >= 11 is 13.1. The molecule has 0 spiro atoms. The van der Waals surface area contributed by atoms with Crippen molar-refractivity contribution in [3.05, 3.63) is 44.3 Å².